The number of H-pyrrole nitrogens is 2. The minimum absolute atomic E-state index is 0.125. The van der Waals surface area contributed by atoms with Crippen LogP contribution in [0.25, 0.3) is 11.0 Å². The summed E-state index contributed by atoms with van der Waals surface area (Å²) >= 11 is 0. The molecule has 1 aromatic carbocycles. The Hall–Kier alpha value is -3.09. The van der Waals surface area contributed by atoms with E-state index in [1.807, 2.05) is 29.1 Å². The summed E-state index contributed by atoms with van der Waals surface area (Å²) in [7, 11) is 0. The van der Waals surface area contributed by atoms with Crippen LogP contribution in [-0.4, -0.2) is 20.4 Å². The number of aromatic amines is 2. The quantitative estimate of drug-likeness (QED) is 0.628. The van der Waals surface area contributed by atoms with Gasteiger partial charge in [0.15, 0.2) is 0 Å². The Morgan fingerprint density at radius 1 is 1.05 bits per heavy atom. The lowest BCUT2D eigenvalue weighted by Crippen LogP contribution is -2.28. The van der Waals surface area contributed by atoms with Crippen molar-refractivity contribution in [3.63, 3.8) is 0 Å². The summed E-state index contributed by atoms with van der Waals surface area (Å²) < 4.78 is 1.92. The highest BCUT2D eigenvalue weighted by Gasteiger charge is 2.05. The molecule has 0 fully saturated rings. The number of rotatable bonds is 4. The van der Waals surface area contributed by atoms with Crippen LogP contribution in [0.5, 0.6) is 0 Å². The molecular weight excluding hydrogens is 284 g/mol. The molecule has 0 aliphatic carbocycles. The van der Waals surface area contributed by atoms with Crippen molar-refractivity contribution in [3.8, 4) is 0 Å². The van der Waals surface area contributed by atoms with Crippen LogP contribution in [0.15, 0.2) is 52.3 Å². The predicted octanol–water partition coefficient (Wildman–Crippen LogP) is 1.05. The van der Waals surface area contributed by atoms with Gasteiger partial charge in [-0.05, 0) is 30.3 Å². The van der Waals surface area contributed by atoms with Crippen LogP contribution in [0, 0.1) is 0 Å². The van der Waals surface area contributed by atoms with Crippen LogP contribution in [0.2, 0.25) is 0 Å². The second-order valence-electron chi connectivity index (χ2n) is 4.89. The fourth-order valence-electron chi connectivity index (χ4n) is 2.17. The number of aromatic nitrogens is 3. The highest BCUT2D eigenvalue weighted by atomic mass is 16.2. The SMILES string of the molecule is O=C(CCn1cccc1)Nc1ccc2[nH]c(=O)c(=O)[nH]c2c1. The maximum absolute atomic E-state index is 11.9. The minimum atomic E-state index is -0.719. The van der Waals surface area contributed by atoms with Gasteiger partial charge in [-0.3, -0.25) is 14.4 Å². The first kappa shape index (κ1) is 13.9. The molecule has 0 saturated heterocycles. The van der Waals surface area contributed by atoms with Crippen molar-refractivity contribution in [1.82, 2.24) is 14.5 Å². The van der Waals surface area contributed by atoms with E-state index >= 15 is 0 Å². The maximum Gasteiger partial charge on any atom is 0.314 e. The number of hydrogen-bond acceptors (Lipinski definition) is 3. The van der Waals surface area contributed by atoms with E-state index in [1.165, 1.54) is 0 Å². The highest BCUT2D eigenvalue weighted by Crippen LogP contribution is 2.14. The Bertz CT molecular complexity index is 922. The molecule has 112 valence electrons. The smallest absolute Gasteiger partial charge is 0.314 e. The zero-order chi connectivity index (χ0) is 15.5. The van der Waals surface area contributed by atoms with E-state index in [4.69, 9.17) is 0 Å². The molecule has 0 spiro atoms. The predicted molar refractivity (Wildman–Crippen MR) is 82.9 cm³/mol. The van der Waals surface area contributed by atoms with Gasteiger partial charge in [-0.1, -0.05) is 0 Å². The van der Waals surface area contributed by atoms with Crippen LogP contribution in [0.1, 0.15) is 6.42 Å². The third-order valence-electron chi connectivity index (χ3n) is 3.27. The molecule has 22 heavy (non-hydrogen) atoms. The van der Waals surface area contributed by atoms with E-state index in [9.17, 15) is 14.4 Å². The van der Waals surface area contributed by atoms with Gasteiger partial charge in [-0.25, -0.2) is 0 Å². The van der Waals surface area contributed by atoms with E-state index in [0.717, 1.165) is 0 Å². The molecule has 7 heteroatoms. The lowest BCUT2D eigenvalue weighted by Gasteiger charge is -2.07. The molecule has 0 bridgehead atoms. The van der Waals surface area contributed by atoms with Crippen molar-refractivity contribution in [2.75, 3.05) is 5.32 Å². The number of anilines is 1. The molecule has 0 unspecified atom stereocenters. The fraction of sp³-hybridized carbons (Fsp3) is 0.133. The number of amides is 1. The van der Waals surface area contributed by atoms with Crippen molar-refractivity contribution in [2.45, 2.75) is 13.0 Å². The van der Waals surface area contributed by atoms with Gasteiger partial charge in [0.1, 0.15) is 0 Å². The van der Waals surface area contributed by atoms with Crippen LogP contribution in [0.4, 0.5) is 5.69 Å². The Morgan fingerprint density at radius 2 is 1.73 bits per heavy atom. The van der Waals surface area contributed by atoms with Crippen molar-refractivity contribution in [3.05, 3.63) is 63.4 Å². The van der Waals surface area contributed by atoms with Gasteiger partial charge >= 0.3 is 11.1 Å². The molecule has 0 aliphatic heterocycles. The van der Waals surface area contributed by atoms with Crippen molar-refractivity contribution in [1.29, 1.82) is 0 Å². The highest BCUT2D eigenvalue weighted by molar-refractivity contribution is 5.92. The van der Waals surface area contributed by atoms with Crippen LogP contribution in [-0.2, 0) is 11.3 Å². The summed E-state index contributed by atoms with van der Waals surface area (Å²) in [4.78, 5) is 39.4. The summed E-state index contributed by atoms with van der Waals surface area (Å²) in [5, 5.41) is 2.76. The zero-order valence-electron chi connectivity index (χ0n) is 11.6. The number of carbonyl (C=O) groups excluding carboxylic acids is 1. The summed E-state index contributed by atoms with van der Waals surface area (Å²) in [6, 6.07) is 8.72. The summed E-state index contributed by atoms with van der Waals surface area (Å²) in [5.74, 6) is -0.125. The normalized spacial score (nSPS) is 10.7. The number of fused-ring (bicyclic) bond motifs is 1. The number of nitrogens with one attached hydrogen (secondary N) is 3. The molecular formula is C15H14N4O3. The second kappa shape index (κ2) is 5.72. The molecule has 3 aromatic rings. The number of hydrogen-bond donors (Lipinski definition) is 3. The molecule has 2 heterocycles. The van der Waals surface area contributed by atoms with Gasteiger partial charge in [0.25, 0.3) is 0 Å². The molecule has 0 saturated carbocycles. The van der Waals surface area contributed by atoms with E-state index < -0.39 is 11.1 Å². The molecule has 3 N–H and O–H groups in total. The Kier molecular flexibility index (Phi) is 3.61. The average molecular weight is 298 g/mol. The van der Waals surface area contributed by atoms with Gasteiger partial charge in [0, 0.05) is 31.0 Å². The topological polar surface area (TPSA) is 99.8 Å². The zero-order valence-corrected chi connectivity index (χ0v) is 11.6. The Balaban J connectivity index is 1.73. The number of nitrogens with zero attached hydrogens (tertiary/aromatic N) is 1. The van der Waals surface area contributed by atoms with Crippen molar-refractivity contribution < 1.29 is 4.79 Å². The second-order valence-corrected chi connectivity index (χ2v) is 4.89. The van der Waals surface area contributed by atoms with Crippen molar-refractivity contribution >= 4 is 22.6 Å². The third kappa shape index (κ3) is 2.98. The average Bonchev–Trinajstić information content (AvgIpc) is 3.00. The Morgan fingerprint density at radius 3 is 2.45 bits per heavy atom. The van der Waals surface area contributed by atoms with Crippen molar-refractivity contribution in [2.24, 2.45) is 0 Å². The Labute approximate surface area is 124 Å². The van der Waals surface area contributed by atoms with E-state index in [1.54, 1.807) is 18.2 Å². The third-order valence-corrected chi connectivity index (χ3v) is 3.27. The van der Waals surface area contributed by atoms with E-state index in [0.29, 0.717) is 29.7 Å². The van der Waals surface area contributed by atoms with Gasteiger partial charge in [0.2, 0.25) is 5.91 Å². The van der Waals surface area contributed by atoms with Gasteiger partial charge in [-0.15, -0.1) is 0 Å². The standard InChI is InChI=1S/C15H14N4O3/c20-13(5-8-19-6-1-2-7-19)16-10-3-4-11-12(9-10)18-15(22)14(21)17-11/h1-4,6-7,9H,5,8H2,(H,16,20)(H,17,21)(H,18,22). The monoisotopic (exact) mass is 298 g/mol. The minimum Gasteiger partial charge on any atom is -0.354 e. The molecule has 2 aromatic heterocycles. The number of aryl methyl sites for hydroxylation is 1. The largest absolute Gasteiger partial charge is 0.354 e. The van der Waals surface area contributed by atoms with Crippen LogP contribution >= 0.6 is 0 Å². The van der Waals surface area contributed by atoms with Crippen LogP contribution < -0.4 is 16.4 Å². The first-order valence-electron chi connectivity index (χ1n) is 6.79. The molecule has 0 radical (unpaired) electrons. The van der Waals surface area contributed by atoms with Gasteiger partial charge in [0.05, 0.1) is 11.0 Å². The van der Waals surface area contributed by atoms with Crippen LogP contribution in [0.3, 0.4) is 0 Å². The first-order valence-corrected chi connectivity index (χ1v) is 6.79. The van der Waals surface area contributed by atoms with Gasteiger partial charge < -0.3 is 19.9 Å². The van der Waals surface area contributed by atoms with E-state index in [-0.39, 0.29) is 5.91 Å². The summed E-state index contributed by atoms with van der Waals surface area (Å²) in [5.41, 5.74) is 0.120. The molecule has 0 aliphatic rings. The fourth-order valence-corrected chi connectivity index (χ4v) is 2.17. The lowest BCUT2D eigenvalue weighted by atomic mass is 10.2. The number of benzene rings is 1. The lowest BCUT2D eigenvalue weighted by molar-refractivity contribution is -0.116. The summed E-state index contributed by atoms with van der Waals surface area (Å²) in [6.07, 6.45) is 4.13. The first-order chi connectivity index (χ1) is 10.6. The molecule has 3 rings (SSSR count). The number of carbonyl (C=O) groups is 1. The maximum atomic E-state index is 11.9. The molecule has 1 amide bonds. The molecule has 0 atom stereocenters. The molecule has 7 nitrogen and oxygen atoms in total. The van der Waals surface area contributed by atoms with Gasteiger partial charge in [-0.2, -0.15) is 0 Å². The van der Waals surface area contributed by atoms with E-state index in [2.05, 4.69) is 15.3 Å². The summed E-state index contributed by atoms with van der Waals surface area (Å²) in [6.45, 7) is 0.594.